The maximum Gasteiger partial charge on any atom is 0.258 e. The number of hydrogen-bond donors (Lipinski definition) is 2. The number of anilines is 1. The monoisotopic (exact) mass is 267 g/mol. The number of nitrogens with zero attached hydrogens (tertiary/aromatic N) is 2. The van der Waals surface area contributed by atoms with Gasteiger partial charge in [0, 0.05) is 18.0 Å². The minimum atomic E-state index is -0.309. The lowest BCUT2D eigenvalue weighted by atomic mass is 10.0. The largest absolute Gasteiger partial charge is 0.384 e. The van der Waals surface area contributed by atoms with Gasteiger partial charge in [0.15, 0.2) is 5.82 Å². The van der Waals surface area contributed by atoms with Gasteiger partial charge in [0.1, 0.15) is 6.61 Å². The number of carbonyl (C=O) groups is 1. The molecule has 0 fully saturated rings. The summed E-state index contributed by atoms with van der Waals surface area (Å²) in [5.41, 5.74) is 1.95. The minimum absolute atomic E-state index is 0.251. The summed E-state index contributed by atoms with van der Waals surface area (Å²) in [6, 6.07) is 5.36. The lowest BCUT2D eigenvalue weighted by molar-refractivity contribution is 0.102. The second-order valence-corrected chi connectivity index (χ2v) is 4.05. The molecule has 1 aromatic heterocycles. The van der Waals surface area contributed by atoms with Gasteiger partial charge in [-0.05, 0) is 19.1 Å². The predicted octanol–water partition coefficient (Wildman–Crippen LogP) is 1.38. The summed E-state index contributed by atoms with van der Waals surface area (Å²) in [7, 11) is 0. The fraction of sp³-hybridized carbons (Fsp3) is 0.133. The topological polar surface area (TPSA) is 75.1 Å². The first-order valence-electron chi connectivity index (χ1n) is 5.98. The van der Waals surface area contributed by atoms with Crippen LogP contribution >= 0.6 is 0 Å². The quantitative estimate of drug-likeness (QED) is 0.806. The number of aliphatic hydroxyl groups is 1. The van der Waals surface area contributed by atoms with Crippen molar-refractivity contribution in [2.24, 2.45) is 0 Å². The van der Waals surface area contributed by atoms with E-state index in [1.807, 2.05) is 13.0 Å². The third kappa shape index (κ3) is 3.40. The number of nitrogens with one attached hydrogen (secondary N) is 1. The van der Waals surface area contributed by atoms with Gasteiger partial charge in [0.25, 0.3) is 5.91 Å². The second-order valence-electron chi connectivity index (χ2n) is 4.05. The molecular weight excluding hydrogens is 254 g/mol. The van der Waals surface area contributed by atoms with Crippen molar-refractivity contribution in [2.45, 2.75) is 6.92 Å². The number of aryl methyl sites for hydroxylation is 1. The Balaban J connectivity index is 2.31. The zero-order valence-electron chi connectivity index (χ0n) is 10.9. The van der Waals surface area contributed by atoms with Crippen LogP contribution in [0.4, 0.5) is 5.82 Å². The van der Waals surface area contributed by atoms with Crippen LogP contribution in [0.3, 0.4) is 0 Å². The number of aromatic nitrogens is 2. The van der Waals surface area contributed by atoms with Crippen molar-refractivity contribution >= 4 is 11.7 Å². The van der Waals surface area contributed by atoms with Crippen molar-refractivity contribution in [1.29, 1.82) is 0 Å². The fourth-order valence-corrected chi connectivity index (χ4v) is 1.64. The lowest BCUT2D eigenvalue weighted by Crippen LogP contribution is -2.14. The van der Waals surface area contributed by atoms with Crippen LogP contribution in [-0.2, 0) is 0 Å². The predicted molar refractivity (Wildman–Crippen MR) is 75.1 cm³/mol. The van der Waals surface area contributed by atoms with Crippen molar-refractivity contribution in [2.75, 3.05) is 11.9 Å². The molecule has 0 radical (unpaired) electrons. The van der Waals surface area contributed by atoms with Gasteiger partial charge in [-0.25, -0.2) is 4.98 Å². The molecule has 0 aliphatic heterocycles. The van der Waals surface area contributed by atoms with Gasteiger partial charge in [0.05, 0.1) is 11.8 Å². The molecule has 0 saturated carbocycles. The Bertz CT molecular complexity index is 673. The Labute approximate surface area is 116 Å². The molecule has 5 heteroatoms. The van der Waals surface area contributed by atoms with Crippen molar-refractivity contribution in [3.05, 3.63) is 53.5 Å². The highest BCUT2D eigenvalue weighted by molar-refractivity contribution is 6.05. The summed E-state index contributed by atoms with van der Waals surface area (Å²) in [6.07, 6.45) is 4.49. The molecule has 1 aromatic carbocycles. The van der Waals surface area contributed by atoms with Crippen LogP contribution < -0.4 is 5.32 Å². The van der Waals surface area contributed by atoms with Gasteiger partial charge in [-0.1, -0.05) is 23.5 Å². The minimum Gasteiger partial charge on any atom is -0.384 e. The summed E-state index contributed by atoms with van der Waals surface area (Å²) in [5, 5.41) is 11.4. The average molecular weight is 267 g/mol. The first-order valence-corrected chi connectivity index (χ1v) is 5.98. The molecule has 0 saturated heterocycles. The SMILES string of the molecule is Cc1ccc(C#CCO)c(C(=O)Nc2cnccn2)c1. The number of amides is 1. The van der Waals surface area contributed by atoms with E-state index < -0.39 is 0 Å². The van der Waals surface area contributed by atoms with E-state index in [-0.39, 0.29) is 12.5 Å². The normalized spacial score (nSPS) is 9.50. The molecule has 20 heavy (non-hydrogen) atoms. The average Bonchev–Trinajstić information content (AvgIpc) is 2.47. The second kappa shape index (κ2) is 6.45. The molecular formula is C15H13N3O2. The molecule has 0 unspecified atom stereocenters. The van der Waals surface area contributed by atoms with E-state index in [0.717, 1.165) is 5.56 Å². The molecule has 0 bridgehead atoms. The molecule has 2 N–H and O–H groups in total. The summed E-state index contributed by atoms with van der Waals surface area (Å²) in [5.74, 6) is 5.37. The standard InChI is InChI=1S/C15H13N3O2/c1-11-4-5-12(3-2-8-19)13(9-11)15(20)18-14-10-16-6-7-17-14/h4-7,9-10,19H,8H2,1H3,(H,17,18,20). The number of rotatable bonds is 2. The van der Waals surface area contributed by atoms with Crippen LogP contribution in [-0.4, -0.2) is 27.6 Å². The van der Waals surface area contributed by atoms with Crippen LogP contribution in [0.2, 0.25) is 0 Å². The smallest absolute Gasteiger partial charge is 0.258 e. The van der Waals surface area contributed by atoms with E-state index in [4.69, 9.17) is 5.11 Å². The molecule has 0 spiro atoms. The maximum absolute atomic E-state index is 12.2. The Kier molecular flexibility index (Phi) is 4.43. The summed E-state index contributed by atoms with van der Waals surface area (Å²) >= 11 is 0. The number of aliphatic hydroxyl groups excluding tert-OH is 1. The highest BCUT2D eigenvalue weighted by Gasteiger charge is 2.11. The first kappa shape index (κ1) is 13.7. The summed E-state index contributed by atoms with van der Waals surface area (Å²) < 4.78 is 0. The maximum atomic E-state index is 12.2. The molecule has 0 aliphatic rings. The van der Waals surface area contributed by atoms with E-state index in [9.17, 15) is 4.79 Å². The van der Waals surface area contributed by atoms with Gasteiger partial charge in [-0.2, -0.15) is 0 Å². The van der Waals surface area contributed by atoms with E-state index in [1.165, 1.54) is 18.6 Å². The van der Waals surface area contributed by atoms with Crippen molar-refractivity contribution in [3.63, 3.8) is 0 Å². The van der Waals surface area contributed by atoms with Gasteiger partial charge in [-0.3, -0.25) is 9.78 Å². The van der Waals surface area contributed by atoms with Crippen LogP contribution in [0.15, 0.2) is 36.8 Å². The summed E-state index contributed by atoms with van der Waals surface area (Å²) in [4.78, 5) is 20.1. The fourth-order valence-electron chi connectivity index (χ4n) is 1.64. The Hall–Kier alpha value is -2.71. The molecule has 2 rings (SSSR count). The van der Waals surface area contributed by atoms with Gasteiger partial charge in [-0.15, -0.1) is 0 Å². The van der Waals surface area contributed by atoms with E-state index in [0.29, 0.717) is 16.9 Å². The van der Waals surface area contributed by atoms with E-state index in [1.54, 1.807) is 12.1 Å². The zero-order chi connectivity index (χ0) is 14.4. The Morgan fingerprint density at radius 3 is 2.95 bits per heavy atom. The zero-order valence-corrected chi connectivity index (χ0v) is 10.9. The van der Waals surface area contributed by atoms with Crippen LogP contribution in [0.25, 0.3) is 0 Å². The van der Waals surface area contributed by atoms with Crippen molar-refractivity contribution in [3.8, 4) is 11.8 Å². The van der Waals surface area contributed by atoms with Crippen LogP contribution in [0, 0.1) is 18.8 Å². The Morgan fingerprint density at radius 1 is 1.40 bits per heavy atom. The first-order chi connectivity index (χ1) is 9.70. The van der Waals surface area contributed by atoms with E-state index >= 15 is 0 Å². The van der Waals surface area contributed by atoms with Gasteiger partial charge >= 0.3 is 0 Å². The summed E-state index contributed by atoms with van der Waals surface area (Å²) in [6.45, 7) is 1.64. The Morgan fingerprint density at radius 2 is 2.25 bits per heavy atom. The molecule has 100 valence electrons. The molecule has 0 atom stereocenters. The van der Waals surface area contributed by atoms with Gasteiger partial charge < -0.3 is 10.4 Å². The molecule has 0 aliphatic carbocycles. The highest BCUT2D eigenvalue weighted by Crippen LogP contribution is 2.13. The van der Waals surface area contributed by atoms with Crippen molar-refractivity contribution in [1.82, 2.24) is 9.97 Å². The van der Waals surface area contributed by atoms with Gasteiger partial charge in [0.2, 0.25) is 0 Å². The number of benzene rings is 1. The van der Waals surface area contributed by atoms with Crippen LogP contribution in [0.5, 0.6) is 0 Å². The molecule has 1 amide bonds. The molecule has 5 nitrogen and oxygen atoms in total. The third-order valence-electron chi connectivity index (χ3n) is 2.53. The number of carbonyl (C=O) groups excluding carboxylic acids is 1. The lowest BCUT2D eigenvalue weighted by Gasteiger charge is -2.07. The molecule has 1 heterocycles. The number of hydrogen-bond acceptors (Lipinski definition) is 4. The van der Waals surface area contributed by atoms with E-state index in [2.05, 4.69) is 27.1 Å². The third-order valence-corrected chi connectivity index (χ3v) is 2.53. The van der Waals surface area contributed by atoms with Crippen LogP contribution in [0.1, 0.15) is 21.5 Å². The molecule has 2 aromatic rings. The highest BCUT2D eigenvalue weighted by atomic mass is 16.2. The van der Waals surface area contributed by atoms with Crippen molar-refractivity contribution < 1.29 is 9.90 Å².